The number of thiazole rings is 1. The van der Waals surface area contributed by atoms with E-state index < -0.39 is 12.1 Å². The largest absolute Gasteiger partial charge is 0.445 e. The molecular weight excluding hydrogens is 410 g/mol. The molecule has 0 radical (unpaired) electrons. The van der Waals surface area contributed by atoms with Crippen LogP contribution in [0.15, 0.2) is 66.0 Å². The van der Waals surface area contributed by atoms with Gasteiger partial charge in [-0.2, -0.15) is 0 Å². The van der Waals surface area contributed by atoms with Crippen LogP contribution in [0.2, 0.25) is 0 Å². The molecule has 0 aliphatic rings. The van der Waals surface area contributed by atoms with Crippen LogP contribution in [0.5, 0.6) is 0 Å². The Hall–Kier alpha value is -3.19. The fraction of sp³-hybridized carbons (Fsp3) is 0.292. The zero-order chi connectivity index (χ0) is 22.1. The van der Waals surface area contributed by atoms with E-state index in [2.05, 4.69) is 29.5 Å². The van der Waals surface area contributed by atoms with Crippen molar-refractivity contribution < 1.29 is 14.3 Å². The normalized spacial score (nSPS) is 11.7. The number of carbonyl (C=O) groups is 2. The second-order valence-corrected chi connectivity index (χ2v) is 8.39. The Labute approximate surface area is 186 Å². The number of aromatic nitrogens is 1. The maximum absolute atomic E-state index is 12.9. The number of nitrogens with zero attached hydrogens (tertiary/aromatic N) is 1. The van der Waals surface area contributed by atoms with E-state index in [1.165, 1.54) is 0 Å². The number of nitrogens with one attached hydrogen (secondary N) is 2. The molecule has 0 spiro atoms. The molecular formula is C24H27N3O3S. The van der Waals surface area contributed by atoms with Crippen LogP contribution in [0, 0.1) is 0 Å². The summed E-state index contributed by atoms with van der Waals surface area (Å²) in [4.78, 5) is 29.8. The molecule has 2 aromatic carbocycles. The number of hydrogen-bond acceptors (Lipinski definition) is 5. The lowest BCUT2D eigenvalue weighted by Crippen LogP contribution is -2.48. The molecule has 7 heteroatoms. The number of benzene rings is 2. The first kappa shape index (κ1) is 22.5. The molecule has 6 nitrogen and oxygen atoms in total. The third kappa shape index (κ3) is 7.22. The van der Waals surface area contributed by atoms with Crippen molar-refractivity contribution in [2.75, 3.05) is 0 Å². The smallest absolute Gasteiger partial charge is 0.408 e. The van der Waals surface area contributed by atoms with Gasteiger partial charge in [0.05, 0.1) is 17.2 Å². The van der Waals surface area contributed by atoms with Gasteiger partial charge in [-0.25, -0.2) is 9.78 Å². The summed E-state index contributed by atoms with van der Waals surface area (Å²) in [6.45, 7) is 4.63. The van der Waals surface area contributed by atoms with Gasteiger partial charge in [0.25, 0.3) is 0 Å². The SMILES string of the molecule is CC(C)c1nc(CNC(=O)C(Cc2ccccc2)NC(=O)OCc2ccccc2)cs1. The maximum atomic E-state index is 12.9. The third-order valence-electron chi connectivity index (χ3n) is 4.61. The Kier molecular flexibility index (Phi) is 8.18. The van der Waals surface area contributed by atoms with Crippen LogP contribution in [0.25, 0.3) is 0 Å². The fourth-order valence-electron chi connectivity index (χ4n) is 2.94. The Morgan fingerprint density at radius 1 is 1.00 bits per heavy atom. The minimum atomic E-state index is -0.756. The van der Waals surface area contributed by atoms with Crippen LogP contribution >= 0.6 is 11.3 Å². The first-order valence-electron chi connectivity index (χ1n) is 10.2. The van der Waals surface area contributed by atoms with Gasteiger partial charge in [-0.3, -0.25) is 4.79 Å². The van der Waals surface area contributed by atoms with E-state index >= 15 is 0 Å². The van der Waals surface area contributed by atoms with Crippen molar-refractivity contribution in [3.8, 4) is 0 Å². The van der Waals surface area contributed by atoms with Gasteiger partial charge in [0, 0.05) is 17.7 Å². The van der Waals surface area contributed by atoms with E-state index in [0.29, 0.717) is 18.9 Å². The van der Waals surface area contributed by atoms with Crippen molar-refractivity contribution in [1.29, 1.82) is 0 Å². The molecule has 1 heterocycles. The van der Waals surface area contributed by atoms with E-state index in [4.69, 9.17) is 4.74 Å². The average Bonchev–Trinajstić information content (AvgIpc) is 3.26. The Bertz CT molecular complexity index is 974. The first-order chi connectivity index (χ1) is 15.0. The van der Waals surface area contributed by atoms with Gasteiger partial charge >= 0.3 is 6.09 Å². The molecule has 3 rings (SSSR count). The highest BCUT2D eigenvalue weighted by atomic mass is 32.1. The Morgan fingerprint density at radius 2 is 1.65 bits per heavy atom. The van der Waals surface area contributed by atoms with Crippen LogP contribution in [0.1, 0.15) is 41.6 Å². The van der Waals surface area contributed by atoms with Gasteiger partial charge < -0.3 is 15.4 Å². The second kappa shape index (κ2) is 11.3. The van der Waals surface area contributed by atoms with E-state index in [-0.39, 0.29) is 12.5 Å². The van der Waals surface area contributed by atoms with Gasteiger partial charge in [-0.15, -0.1) is 11.3 Å². The molecule has 1 unspecified atom stereocenters. The summed E-state index contributed by atoms with van der Waals surface area (Å²) in [5, 5.41) is 8.57. The van der Waals surface area contributed by atoms with Crippen molar-refractivity contribution in [2.45, 2.75) is 45.4 Å². The van der Waals surface area contributed by atoms with Gasteiger partial charge in [0.15, 0.2) is 0 Å². The van der Waals surface area contributed by atoms with E-state index in [9.17, 15) is 9.59 Å². The highest BCUT2D eigenvalue weighted by Gasteiger charge is 2.22. The number of ether oxygens (including phenoxy) is 1. The highest BCUT2D eigenvalue weighted by Crippen LogP contribution is 2.19. The zero-order valence-corrected chi connectivity index (χ0v) is 18.5. The number of hydrogen-bond donors (Lipinski definition) is 2. The number of amides is 2. The Balaban J connectivity index is 1.60. The molecule has 0 aliphatic carbocycles. The number of alkyl carbamates (subject to hydrolysis) is 1. The molecule has 0 bridgehead atoms. The molecule has 31 heavy (non-hydrogen) atoms. The van der Waals surface area contributed by atoms with Crippen molar-refractivity contribution in [1.82, 2.24) is 15.6 Å². The van der Waals surface area contributed by atoms with Crippen LogP contribution in [0.3, 0.4) is 0 Å². The summed E-state index contributed by atoms with van der Waals surface area (Å²) in [5.41, 5.74) is 2.64. The van der Waals surface area contributed by atoms with E-state index in [0.717, 1.165) is 21.8 Å². The summed E-state index contributed by atoms with van der Waals surface area (Å²) < 4.78 is 5.30. The zero-order valence-electron chi connectivity index (χ0n) is 17.7. The molecule has 1 atom stereocenters. The predicted octanol–water partition coefficient (Wildman–Crippen LogP) is 4.42. The third-order valence-corrected chi connectivity index (χ3v) is 5.81. The number of carbonyl (C=O) groups excluding carboxylic acids is 2. The van der Waals surface area contributed by atoms with Gasteiger partial charge in [0.1, 0.15) is 12.6 Å². The van der Waals surface area contributed by atoms with Crippen molar-refractivity contribution in [3.05, 3.63) is 87.9 Å². The lowest BCUT2D eigenvalue weighted by atomic mass is 10.1. The molecule has 2 N–H and O–H groups in total. The van der Waals surface area contributed by atoms with Crippen LogP contribution < -0.4 is 10.6 Å². The first-order valence-corrected chi connectivity index (χ1v) is 11.1. The quantitative estimate of drug-likeness (QED) is 0.519. The van der Waals surface area contributed by atoms with Gasteiger partial charge in [0.2, 0.25) is 5.91 Å². The number of rotatable bonds is 9. The summed E-state index contributed by atoms with van der Waals surface area (Å²) in [6.07, 6.45) is -0.266. The van der Waals surface area contributed by atoms with E-state index in [1.54, 1.807) is 11.3 Å². The molecule has 3 aromatic rings. The Morgan fingerprint density at radius 3 is 2.26 bits per heavy atom. The van der Waals surface area contributed by atoms with Crippen molar-refractivity contribution >= 4 is 23.3 Å². The maximum Gasteiger partial charge on any atom is 0.408 e. The molecule has 1 aromatic heterocycles. The average molecular weight is 438 g/mol. The molecule has 0 fully saturated rings. The molecule has 162 valence electrons. The standard InChI is InChI=1S/C24H27N3O3S/c1-17(2)23-26-20(16-31-23)14-25-22(28)21(13-18-9-5-3-6-10-18)27-24(29)30-15-19-11-7-4-8-12-19/h3-12,16-17,21H,13-15H2,1-2H3,(H,25,28)(H,27,29). The van der Waals surface area contributed by atoms with Crippen molar-refractivity contribution in [3.63, 3.8) is 0 Å². The van der Waals surface area contributed by atoms with Crippen LogP contribution in [-0.4, -0.2) is 23.0 Å². The summed E-state index contributed by atoms with van der Waals surface area (Å²) >= 11 is 1.58. The van der Waals surface area contributed by atoms with Crippen LogP contribution in [0.4, 0.5) is 4.79 Å². The predicted molar refractivity (Wildman–Crippen MR) is 122 cm³/mol. The molecule has 0 saturated heterocycles. The topological polar surface area (TPSA) is 80.3 Å². The van der Waals surface area contributed by atoms with Crippen molar-refractivity contribution in [2.24, 2.45) is 0 Å². The molecule has 0 aliphatic heterocycles. The summed E-state index contributed by atoms with van der Waals surface area (Å²) in [7, 11) is 0. The molecule has 2 amide bonds. The minimum Gasteiger partial charge on any atom is -0.445 e. The lowest BCUT2D eigenvalue weighted by molar-refractivity contribution is -0.123. The van der Waals surface area contributed by atoms with Gasteiger partial charge in [-0.1, -0.05) is 74.5 Å². The molecule has 0 saturated carbocycles. The highest BCUT2D eigenvalue weighted by molar-refractivity contribution is 7.09. The summed E-state index contributed by atoms with van der Waals surface area (Å²) in [5.74, 6) is 0.0703. The fourth-order valence-corrected chi connectivity index (χ4v) is 3.77. The second-order valence-electron chi connectivity index (χ2n) is 7.50. The van der Waals surface area contributed by atoms with Crippen LogP contribution in [-0.2, 0) is 29.1 Å². The minimum absolute atomic E-state index is 0.142. The summed E-state index contributed by atoms with van der Waals surface area (Å²) in [6, 6.07) is 18.2. The van der Waals surface area contributed by atoms with E-state index in [1.807, 2.05) is 66.0 Å². The van der Waals surface area contributed by atoms with Gasteiger partial charge in [-0.05, 0) is 11.1 Å². The monoisotopic (exact) mass is 437 g/mol. The lowest BCUT2D eigenvalue weighted by Gasteiger charge is -2.18.